The third-order valence-corrected chi connectivity index (χ3v) is 4.74. The zero-order valence-electron chi connectivity index (χ0n) is 12.7. The number of aromatic amines is 1. The van der Waals surface area contributed by atoms with E-state index in [4.69, 9.17) is 23.2 Å². The van der Waals surface area contributed by atoms with Gasteiger partial charge in [-0.1, -0.05) is 36.2 Å². The van der Waals surface area contributed by atoms with Crippen molar-refractivity contribution in [1.82, 2.24) is 20.8 Å². The molecule has 122 valence electrons. The molecule has 1 aromatic heterocycles. The van der Waals surface area contributed by atoms with Crippen LogP contribution in [0.2, 0.25) is 10.0 Å². The number of halogens is 2. The average Bonchev–Trinajstić information content (AvgIpc) is 2.96. The van der Waals surface area contributed by atoms with E-state index in [2.05, 4.69) is 20.8 Å². The van der Waals surface area contributed by atoms with Crippen LogP contribution in [0.15, 0.2) is 18.2 Å². The molecule has 1 aliphatic rings. The summed E-state index contributed by atoms with van der Waals surface area (Å²) in [6, 6.07) is 5.41. The molecule has 1 unspecified atom stereocenters. The van der Waals surface area contributed by atoms with Crippen molar-refractivity contribution in [2.45, 2.75) is 25.8 Å². The van der Waals surface area contributed by atoms with Gasteiger partial charge in [0, 0.05) is 53.3 Å². The van der Waals surface area contributed by atoms with E-state index in [1.54, 1.807) is 12.1 Å². The molecule has 0 aliphatic carbocycles. The van der Waals surface area contributed by atoms with Crippen LogP contribution in [0.25, 0.3) is 0 Å². The number of rotatable bonds is 4. The highest BCUT2D eigenvalue weighted by molar-refractivity contribution is 6.36. The first-order chi connectivity index (χ1) is 11.1. The van der Waals surface area contributed by atoms with Gasteiger partial charge in [0.05, 0.1) is 0 Å². The molecule has 0 saturated carbocycles. The van der Waals surface area contributed by atoms with E-state index in [0.29, 0.717) is 28.8 Å². The van der Waals surface area contributed by atoms with Gasteiger partial charge in [0.1, 0.15) is 0 Å². The van der Waals surface area contributed by atoms with Gasteiger partial charge in [-0.05, 0) is 17.7 Å². The van der Waals surface area contributed by atoms with E-state index in [1.165, 1.54) is 0 Å². The van der Waals surface area contributed by atoms with Crippen LogP contribution in [-0.4, -0.2) is 29.2 Å². The molecule has 1 amide bonds. The fourth-order valence-corrected chi connectivity index (χ4v) is 3.60. The third-order valence-electron chi connectivity index (χ3n) is 4.08. The standard InChI is InChI=1S/C16H18Cl2N4O/c1-9(14-11(17)3-2-4-12(14)18)7-20-16(23)15-10-8-19-6-5-13(10)21-22-15/h2-4,9,19H,5-8H2,1H3,(H,20,23)(H,21,22). The molecule has 2 heterocycles. The zero-order chi connectivity index (χ0) is 16.4. The number of nitrogens with one attached hydrogen (secondary N) is 3. The van der Waals surface area contributed by atoms with Crippen molar-refractivity contribution in [3.05, 3.63) is 50.8 Å². The van der Waals surface area contributed by atoms with Crippen LogP contribution in [0.1, 0.15) is 40.2 Å². The maximum Gasteiger partial charge on any atom is 0.272 e. The van der Waals surface area contributed by atoms with Gasteiger partial charge in [0.15, 0.2) is 5.69 Å². The summed E-state index contributed by atoms with van der Waals surface area (Å²) < 4.78 is 0. The molecule has 3 rings (SSSR count). The molecule has 5 nitrogen and oxygen atoms in total. The quantitative estimate of drug-likeness (QED) is 0.792. The van der Waals surface area contributed by atoms with Crippen molar-refractivity contribution in [2.75, 3.05) is 13.1 Å². The highest BCUT2D eigenvalue weighted by atomic mass is 35.5. The Hall–Kier alpha value is -1.56. The normalized spacial score (nSPS) is 15.1. The molecular formula is C16H18Cl2N4O. The first-order valence-electron chi connectivity index (χ1n) is 7.57. The lowest BCUT2D eigenvalue weighted by Gasteiger charge is -2.16. The van der Waals surface area contributed by atoms with Crippen molar-refractivity contribution in [2.24, 2.45) is 0 Å². The van der Waals surface area contributed by atoms with Crippen molar-refractivity contribution in [1.29, 1.82) is 0 Å². The van der Waals surface area contributed by atoms with Gasteiger partial charge < -0.3 is 10.6 Å². The topological polar surface area (TPSA) is 69.8 Å². The molecule has 1 aliphatic heterocycles. The second-order valence-corrected chi connectivity index (χ2v) is 6.52. The van der Waals surface area contributed by atoms with E-state index >= 15 is 0 Å². The van der Waals surface area contributed by atoms with Gasteiger partial charge >= 0.3 is 0 Å². The molecule has 2 aromatic rings. The van der Waals surface area contributed by atoms with Gasteiger partial charge in [0.2, 0.25) is 0 Å². The number of nitrogens with zero attached hydrogens (tertiary/aromatic N) is 1. The summed E-state index contributed by atoms with van der Waals surface area (Å²) in [5.41, 5.74) is 3.31. The highest BCUT2D eigenvalue weighted by Crippen LogP contribution is 2.31. The predicted octanol–water partition coefficient (Wildman–Crippen LogP) is 2.90. The number of aromatic nitrogens is 2. The Labute approximate surface area is 144 Å². The largest absolute Gasteiger partial charge is 0.350 e. The summed E-state index contributed by atoms with van der Waals surface area (Å²) in [4.78, 5) is 12.4. The van der Waals surface area contributed by atoms with Crippen LogP contribution in [0.3, 0.4) is 0 Å². The number of carbonyl (C=O) groups is 1. The van der Waals surface area contributed by atoms with Crippen molar-refractivity contribution in [3.63, 3.8) is 0 Å². The van der Waals surface area contributed by atoms with Crippen LogP contribution < -0.4 is 10.6 Å². The molecule has 23 heavy (non-hydrogen) atoms. The van der Waals surface area contributed by atoms with E-state index < -0.39 is 0 Å². The van der Waals surface area contributed by atoms with Gasteiger partial charge in [-0.3, -0.25) is 9.89 Å². The molecule has 1 atom stereocenters. The summed E-state index contributed by atoms with van der Waals surface area (Å²) in [6.07, 6.45) is 0.862. The van der Waals surface area contributed by atoms with Gasteiger partial charge in [0.25, 0.3) is 5.91 Å². The van der Waals surface area contributed by atoms with E-state index in [-0.39, 0.29) is 11.8 Å². The first-order valence-corrected chi connectivity index (χ1v) is 8.32. The van der Waals surface area contributed by atoms with Gasteiger partial charge in [-0.15, -0.1) is 0 Å². The minimum atomic E-state index is -0.179. The number of fused-ring (bicyclic) bond motifs is 1. The lowest BCUT2D eigenvalue weighted by Crippen LogP contribution is -2.30. The number of amides is 1. The van der Waals surface area contributed by atoms with Crippen molar-refractivity contribution >= 4 is 29.1 Å². The van der Waals surface area contributed by atoms with E-state index in [9.17, 15) is 4.79 Å². The van der Waals surface area contributed by atoms with Crippen LogP contribution in [0, 0.1) is 0 Å². The molecule has 1 aromatic carbocycles. The average molecular weight is 353 g/mol. The van der Waals surface area contributed by atoms with Crippen LogP contribution >= 0.6 is 23.2 Å². The van der Waals surface area contributed by atoms with Crippen molar-refractivity contribution in [3.8, 4) is 0 Å². The molecule has 3 N–H and O–H groups in total. The number of carbonyl (C=O) groups excluding carboxylic acids is 1. The Balaban J connectivity index is 1.68. The maximum atomic E-state index is 12.4. The maximum absolute atomic E-state index is 12.4. The summed E-state index contributed by atoms with van der Waals surface area (Å²) in [7, 11) is 0. The molecule has 0 saturated heterocycles. The van der Waals surface area contributed by atoms with Crippen molar-refractivity contribution < 1.29 is 4.79 Å². The number of hydrogen-bond acceptors (Lipinski definition) is 3. The van der Waals surface area contributed by atoms with E-state index in [1.807, 2.05) is 13.0 Å². The van der Waals surface area contributed by atoms with Gasteiger partial charge in [-0.25, -0.2) is 0 Å². The molecule has 0 fully saturated rings. The lowest BCUT2D eigenvalue weighted by molar-refractivity contribution is 0.0945. The Morgan fingerprint density at radius 2 is 2.13 bits per heavy atom. The smallest absolute Gasteiger partial charge is 0.272 e. The monoisotopic (exact) mass is 352 g/mol. The molecule has 0 spiro atoms. The van der Waals surface area contributed by atoms with Gasteiger partial charge in [-0.2, -0.15) is 5.10 Å². The molecular weight excluding hydrogens is 335 g/mol. The summed E-state index contributed by atoms with van der Waals surface area (Å²) in [5.74, 6) is -0.172. The fraction of sp³-hybridized carbons (Fsp3) is 0.375. The second kappa shape index (κ2) is 6.91. The van der Waals surface area contributed by atoms with Crippen LogP contribution in [0.4, 0.5) is 0 Å². The Morgan fingerprint density at radius 1 is 1.39 bits per heavy atom. The third kappa shape index (κ3) is 3.37. The lowest BCUT2D eigenvalue weighted by atomic mass is 10.0. The Kier molecular flexibility index (Phi) is 4.90. The SMILES string of the molecule is CC(CNC(=O)c1n[nH]c2c1CNCC2)c1c(Cl)cccc1Cl. The number of hydrogen-bond donors (Lipinski definition) is 3. The molecule has 0 radical (unpaired) electrons. The highest BCUT2D eigenvalue weighted by Gasteiger charge is 2.22. The summed E-state index contributed by atoms with van der Waals surface area (Å²) >= 11 is 12.4. The van der Waals surface area contributed by atoms with E-state index in [0.717, 1.165) is 29.8 Å². The van der Waals surface area contributed by atoms with Crippen LogP contribution in [0.5, 0.6) is 0 Å². The zero-order valence-corrected chi connectivity index (χ0v) is 14.3. The minimum absolute atomic E-state index is 0.00745. The fourth-order valence-electron chi connectivity index (χ4n) is 2.83. The summed E-state index contributed by atoms with van der Waals surface area (Å²) in [5, 5.41) is 14.5. The molecule has 7 heteroatoms. The van der Waals surface area contributed by atoms with Crippen LogP contribution in [-0.2, 0) is 13.0 Å². The minimum Gasteiger partial charge on any atom is -0.350 e. The summed E-state index contributed by atoms with van der Waals surface area (Å²) in [6.45, 7) is 3.99. The Morgan fingerprint density at radius 3 is 2.87 bits per heavy atom. The Bertz CT molecular complexity index is 709. The number of H-pyrrole nitrogens is 1. The second-order valence-electron chi connectivity index (χ2n) is 5.70. The first kappa shape index (κ1) is 16.3. The molecule has 0 bridgehead atoms. The number of benzene rings is 1. The predicted molar refractivity (Wildman–Crippen MR) is 91.2 cm³/mol.